The van der Waals surface area contributed by atoms with Gasteiger partial charge in [0, 0.05) is 0 Å². The quantitative estimate of drug-likeness (QED) is 0.423. The number of carboxylic acids is 2. The average Bonchev–Trinajstić information content (AvgIpc) is 1.98. The molecule has 0 radical (unpaired) electrons. The van der Waals surface area contributed by atoms with Crippen LogP contribution in [0.15, 0.2) is 0 Å². The number of hydrogen-bond acceptors (Lipinski definition) is 4. The van der Waals surface area contributed by atoms with Crippen LogP contribution in [0.3, 0.4) is 0 Å². The number of nitrogens with one attached hydrogen (secondary N) is 1. The first-order valence-electron chi connectivity index (χ1n) is 3.34. The van der Waals surface area contributed by atoms with E-state index >= 15 is 0 Å². The van der Waals surface area contributed by atoms with Crippen molar-refractivity contribution in [3.05, 3.63) is 0 Å². The van der Waals surface area contributed by atoms with Crippen LogP contribution in [-0.2, 0) is 9.59 Å². The zero-order chi connectivity index (χ0) is 9.72. The summed E-state index contributed by atoms with van der Waals surface area (Å²) in [6.45, 7) is 1.37. The Morgan fingerprint density at radius 1 is 1.33 bits per heavy atom. The van der Waals surface area contributed by atoms with Gasteiger partial charge in [0.15, 0.2) is 0 Å². The molecule has 0 fully saturated rings. The Bertz CT molecular complexity index is 181. The number of rotatable bonds is 5. The molecule has 2 atom stereocenters. The van der Waals surface area contributed by atoms with Crippen molar-refractivity contribution in [1.29, 1.82) is 0 Å². The fourth-order valence-electron chi connectivity index (χ4n) is 0.663. The minimum Gasteiger partial charge on any atom is -0.481 e. The molecule has 0 aromatic carbocycles. The van der Waals surface area contributed by atoms with Gasteiger partial charge >= 0.3 is 11.9 Å². The Labute approximate surface area is 68.8 Å². The third kappa shape index (κ3) is 3.31. The summed E-state index contributed by atoms with van der Waals surface area (Å²) in [4.78, 5) is 20.5. The molecule has 0 aliphatic carbocycles. The smallest absolute Gasteiger partial charge is 0.323 e. The highest BCUT2D eigenvalue weighted by atomic mass is 16.5. The van der Waals surface area contributed by atoms with Crippen molar-refractivity contribution < 1.29 is 25.0 Å². The van der Waals surface area contributed by atoms with E-state index < -0.39 is 23.9 Å². The van der Waals surface area contributed by atoms with E-state index in [-0.39, 0.29) is 6.42 Å². The van der Waals surface area contributed by atoms with E-state index in [1.807, 2.05) is 0 Å². The van der Waals surface area contributed by atoms with Gasteiger partial charge in [0.25, 0.3) is 0 Å². The molecule has 0 amide bonds. The molecular weight excluding hydrogens is 166 g/mol. The number of carbonyl (C=O) groups is 2. The summed E-state index contributed by atoms with van der Waals surface area (Å²) in [6.07, 6.45) is -0.152. The number of carboxylic acid groups (broad SMARTS) is 2. The summed E-state index contributed by atoms with van der Waals surface area (Å²) < 4.78 is 0. The standard InChI is InChI=1S/C6H11NO5/c1-3(5(8)9)2-4(7-12)6(10)11/h3-4,7,12H,2H2,1H3,(H,8,9)(H,10,11). The van der Waals surface area contributed by atoms with Gasteiger partial charge in [0.05, 0.1) is 5.92 Å². The summed E-state index contributed by atoms with van der Waals surface area (Å²) in [5.41, 5.74) is 1.52. The van der Waals surface area contributed by atoms with Gasteiger partial charge in [-0.3, -0.25) is 9.59 Å². The number of hydrogen-bond donors (Lipinski definition) is 4. The maximum Gasteiger partial charge on any atom is 0.323 e. The molecule has 0 saturated heterocycles. The Kier molecular flexibility index (Phi) is 4.24. The minimum atomic E-state index is -1.27. The molecule has 2 unspecified atom stereocenters. The van der Waals surface area contributed by atoms with E-state index in [0.29, 0.717) is 0 Å². The zero-order valence-electron chi connectivity index (χ0n) is 6.52. The van der Waals surface area contributed by atoms with E-state index in [0.717, 1.165) is 0 Å². The summed E-state index contributed by atoms with van der Waals surface area (Å²) >= 11 is 0. The highest BCUT2D eigenvalue weighted by Gasteiger charge is 2.22. The lowest BCUT2D eigenvalue weighted by Crippen LogP contribution is -2.37. The van der Waals surface area contributed by atoms with Crippen LogP contribution in [0.1, 0.15) is 13.3 Å². The van der Waals surface area contributed by atoms with Crippen LogP contribution >= 0.6 is 0 Å². The molecule has 0 heterocycles. The monoisotopic (exact) mass is 177 g/mol. The largest absolute Gasteiger partial charge is 0.481 e. The normalized spacial score (nSPS) is 15.2. The molecule has 0 aromatic heterocycles. The molecule has 0 bridgehead atoms. The third-order valence-electron chi connectivity index (χ3n) is 1.46. The highest BCUT2D eigenvalue weighted by Crippen LogP contribution is 2.05. The fraction of sp³-hybridized carbons (Fsp3) is 0.667. The van der Waals surface area contributed by atoms with Crippen molar-refractivity contribution in [2.45, 2.75) is 19.4 Å². The zero-order valence-corrected chi connectivity index (χ0v) is 6.52. The molecule has 6 nitrogen and oxygen atoms in total. The number of hydroxylamine groups is 1. The van der Waals surface area contributed by atoms with Crippen molar-refractivity contribution in [1.82, 2.24) is 5.48 Å². The van der Waals surface area contributed by atoms with E-state index in [4.69, 9.17) is 15.4 Å². The molecule has 0 aliphatic rings. The molecule has 0 saturated carbocycles. The lowest BCUT2D eigenvalue weighted by molar-refractivity contribution is -0.145. The molecule has 0 aromatic rings. The Balaban J connectivity index is 4.02. The van der Waals surface area contributed by atoms with Gasteiger partial charge in [0.1, 0.15) is 6.04 Å². The molecule has 0 aliphatic heterocycles. The summed E-state index contributed by atoms with van der Waals surface area (Å²) in [7, 11) is 0. The predicted molar refractivity (Wildman–Crippen MR) is 37.8 cm³/mol. The molecular formula is C6H11NO5. The predicted octanol–water partition coefficient (Wildman–Crippen LogP) is -0.471. The van der Waals surface area contributed by atoms with E-state index in [9.17, 15) is 9.59 Å². The van der Waals surface area contributed by atoms with Gasteiger partial charge in [0.2, 0.25) is 0 Å². The molecule has 12 heavy (non-hydrogen) atoms. The highest BCUT2D eigenvalue weighted by molar-refractivity contribution is 5.75. The average molecular weight is 177 g/mol. The van der Waals surface area contributed by atoms with Crippen molar-refractivity contribution in [2.24, 2.45) is 5.92 Å². The first-order valence-corrected chi connectivity index (χ1v) is 3.34. The summed E-state index contributed by atoms with van der Waals surface area (Å²) in [6, 6.07) is -1.23. The SMILES string of the molecule is CC(CC(NO)C(=O)O)C(=O)O. The van der Waals surface area contributed by atoms with Crippen LogP contribution in [0.2, 0.25) is 0 Å². The van der Waals surface area contributed by atoms with Crippen LogP contribution in [0.4, 0.5) is 0 Å². The summed E-state index contributed by atoms with van der Waals surface area (Å²) in [5, 5.41) is 25.1. The third-order valence-corrected chi connectivity index (χ3v) is 1.46. The van der Waals surface area contributed by atoms with Crippen LogP contribution in [-0.4, -0.2) is 33.4 Å². The number of aliphatic carboxylic acids is 2. The second-order valence-electron chi connectivity index (χ2n) is 2.49. The molecule has 70 valence electrons. The van der Waals surface area contributed by atoms with Gasteiger partial charge in [-0.2, -0.15) is 5.48 Å². The molecule has 0 spiro atoms. The van der Waals surface area contributed by atoms with Gasteiger partial charge in [-0.15, -0.1) is 0 Å². The first kappa shape index (κ1) is 10.9. The topological polar surface area (TPSA) is 107 Å². The van der Waals surface area contributed by atoms with Crippen molar-refractivity contribution in [3.63, 3.8) is 0 Å². The van der Waals surface area contributed by atoms with Gasteiger partial charge < -0.3 is 15.4 Å². The second kappa shape index (κ2) is 4.68. The minimum absolute atomic E-state index is 0.152. The lowest BCUT2D eigenvalue weighted by Gasteiger charge is -2.12. The van der Waals surface area contributed by atoms with Crippen LogP contribution in [0.25, 0.3) is 0 Å². The lowest BCUT2D eigenvalue weighted by atomic mass is 10.0. The van der Waals surface area contributed by atoms with Crippen molar-refractivity contribution in [2.75, 3.05) is 0 Å². The summed E-state index contributed by atoms with van der Waals surface area (Å²) in [5.74, 6) is -3.16. The van der Waals surface area contributed by atoms with Gasteiger partial charge in [-0.05, 0) is 6.42 Å². The van der Waals surface area contributed by atoms with E-state index in [2.05, 4.69) is 0 Å². The molecule has 4 N–H and O–H groups in total. The van der Waals surface area contributed by atoms with Crippen LogP contribution < -0.4 is 5.48 Å². The van der Waals surface area contributed by atoms with Gasteiger partial charge in [-0.25, -0.2) is 0 Å². The fourth-order valence-corrected chi connectivity index (χ4v) is 0.663. The second-order valence-corrected chi connectivity index (χ2v) is 2.49. The van der Waals surface area contributed by atoms with Crippen molar-refractivity contribution in [3.8, 4) is 0 Å². The Morgan fingerprint density at radius 3 is 2.08 bits per heavy atom. The van der Waals surface area contributed by atoms with Gasteiger partial charge in [-0.1, -0.05) is 6.92 Å². The molecule has 0 rings (SSSR count). The molecule has 6 heteroatoms. The maximum atomic E-state index is 10.3. The Hall–Kier alpha value is -1.14. The first-order chi connectivity index (χ1) is 5.49. The van der Waals surface area contributed by atoms with Crippen LogP contribution in [0.5, 0.6) is 0 Å². The Morgan fingerprint density at radius 2 is 1.83 bits per heavy atom. The maximum absolute atomic E-state index is 10.3. The van der Waals surface area contributed by atoms with E-state index in [1.165, 1.54) is 12.4 Å². The van der Waals surface area contributed by atoms with Crippen molar-refractivity contribution >= 4 is 11.9 Å². The van der Waals surface area contributed by atoms with Crippen LogP contribution in [0, 0.1) is 5.92 Å². The van der Waals surface area contributed by atoms with E-state index in [1.54, 1.807) is 0 Å².